The van der Waals surface area contributed by atoms with E-state index in [0.717, 1.165) is 17.8 Å². The number of benzene rings is 2. The van der Waals surface area contributed by atoms with Gasteiger partial charge in [0.15, 0.2) is 0 Å². The SMILES string of the molecule is C=CCNC(=O)c1ccccc1N1CCC(NC(=O)c2ccc(F)cc2F)CC1. The van der Waals surface area contributed by atoms with E-state index in [1.54, 1.807) is 12.1 Å². The van der Waals surface area contributed by atoms with Gasteiger partial charge in [0.25, 0.3) is 11.8 Å². The molecule has 0 aliphatic carbocycles. The van der Waals surface area contributed by atoms with Crippen LogP contribution in [0.25, 0.3) is 0 Å². The molecule has 0 atom stereocenters. The van der Waals surface area contributed by atoms with Crippen LogP contribution in [0.3, 0.4) is 0 Å². The van der Waals surface area contributed by atoms with E-state index in [4.69, 9.17) is 0 Å². The standard InChI is InChI=1S/C22H23F2N3O2/c1-2-11-25-21(28)18-5-3-4-6-20(18)27-12-9-16(10-13-27)26-22(29)17-8-7-15(23)14-19(17)24/h2-8,14,16H,1,9-13H2,(H,25,28)(H,26,29). The van der Waals surface area contributed by atoms with Crippen molar-refractivity contribution in [2.75, 3.05) is 24.5 Å². The molecule has 2 aromatic rings. The van der Waals surface area contributed by atoms with Crippen LogP contribution in [0.4, 0.5) is 14.5 Å². The van der Waals surface area contributed by atoms with Gasteiger partial charge in [-0.2, -0.15) is 0 Å². The summed E-state index contributed by atoms with van der Waals surface area (Å²) in [4.78, 5) is 26.8. The van der Waals surface area contributed by atoms with E-state index < -0.39 is 17.5 Å². The molecular formula is C22H23F2N3O2. The topological polar surface area (TPSA) is 61.4 Å². The predicted octanol–water partition coefficient (Wildman–Crippen LogP) is 3.28. The number of carbonyl (C=O) groups is 2. The normalized spacial score (nSPS) is 14.3. The van der Waals surface area contributed by atoms with Crippen LogP contribution in [-0.4, -0.2) is 37.5 Å². The Hall–Kier alpha value is -3.22. The maximum atomic E-state index is 13.8. The summed E-state index contributed by atoms with van der Waals surface area (Å²) in [6.45, 7) is 5.27. The molecular weight excluding hydrogens is 376 g/mol. The van der Waals surface area contributed by atoms with Gasteiger partial charge in [0, 0.05) is 37.4 Å². The van der Waals surface area contributed by atoms with Crippen LogP contribution in [0.1, 0.15) is 33.6 Å². The van der Waals surface area contributed by atoms with E-state index in [0.29, 0.717) is 44.1 Å². The fourth-order valence-electron chi connectivity index (χ4n) is 3.40. The van der Waals surface area contributed by atoms with E-state index in [1.807, 2.05) is 18.2 Å². The Morgan fingerprint density at radius 3 is 2.48 bits per heavy atom. The first-order chi connectivity index (χ1) is 14.0. The van der Waals surface area contributed by atoms with Crippen LogP contribution < -0.4 is 15.5 Å². The van der Waals surface area contributed by atoms with Gasteiger partial charge in [-0.05, 0) is 37.1 Å². The van der Waals surface area contributed by atoms with Crippen LogP contribution >= 0.6 is 0 Å². The lowest BCUT2D eigenvalue weighted by atomic mass is 10.0. The highest BCUT2D eigenvalue weighted by atomic mass is 19.1. The molecule has 0 saturated carbocycles. The Morgan fingerprint density at radius 2 is 1.79 bits per heavy atom. The number of hydrogen-bond donors (Lipinski definition) is 2. The molecule has 2 aromatic carbocycles. The molecule has 1 heterocycles. The molecule has 0 radical (unpaired) electrons. The Morgan fingerprint density at radius 1 is 1.07 bits per heavy atom. The van der Waals surface area contributed by atoms with Crippen molar-refractivity contribution in [2.24, 2.45) is 0 Å². The highest BCUT2D eigenvalue weighted by molar-refractivity contribution is 6.00. The van der Waals surface area contributed by atoms with Crippen LogP contribution in [0.15, 0.2) is 55.1 Å². The lowest BCUT2D eigenvalue weighted by Crippen LogP contribution is -2.45. The van der Waals surface area contributed by atoms with Gasteiger partial charge < -0.3 is 15.5 Å². The molecule has 0 spiro atoms. The fourth-order valence-corrected chi connectivity index (χ4v) is 3.40. The summed E-state index contributed by atoms with van der Waals surface area (Å²) in [5.41, 5.74) is 1.26. The lowest BCUT2D eigenvalue weighted by molar-refractivity contribution is 0.0925. The number of rotatable bonds is 6. The van der Waals surface area contributed by atoms with Gasteiger partial charge in [0.05, 0.1) is 11.1 Å². The summed E-state index contributed by atoms with van der Waals surface area (Å²) in [5, 5.41) is 5.60. The number of piperidine rings is 1. The second kappa shape index (κ2) is 9.32. The molecule has 1 aliphatic heterocycles. The zero-order valence-electron chi connectivity index (χ0n) is 16.0. The molecule has 1 saturated heterocycles. The summed E-state index contributed by atoms with van der Waals surface area (Å²) in [5.74, 6) is -2.31. The van der Waals surface area contributed by atoms with Gasteiger partial charge in [-0.15, -0.1) is 6.58 Å². The Labute approximate surface area is 168 Å². The Kier molecular flexibility index (Phi) is 6.59. The number of nitrogens with one attached hydrogen (secondary N) is 2. The zero-order valence-corrected chi connectivity index (χ0v) is 16.0. The molecule has 3 rings (SSSR count). The predicted molar refractivity (Wildman–Crippen MR) is 108 cm³/mol. The number of para-hydroxylation sites is 1. The molecule has 5 nitrogen and oxygen atoms in total. The van der Waals surface area contributed by atoms with Gasteiger partial charge in [-0.25, -0.2) is 8.78 Å². The minimum atomic E-state index is -0.876. The largest absolute Gasteiger partial charge is 0.371 e. The molecule has 29 heavy (non-hydrogen) atoms. The molecule has 0 aromatic heterocycles. The second-order valence-electron chi connectivity index (χ2n) is 6.87. The smallest absolute Gasteiger partial charge is 0.254 e. The Balaban J connectivity index is 1.62. The summed E-state index contributed by atoms with van der Waals surface area (Å²) in [7, 11) is 0. The third-order valence-corrected chi connectivity index (χ3v) is 4.90. The Bertz CT molecular complexity index is 909. The summed E-state index contributed by atoms with van der Waals surface area (Å²) in [6, 6.07) is 10.2. The van der Waals surface area contributed by atoms with Crippen LogP contribution in [0, 0.1) is 11.6 Å². The quantitative estimate of drug-likeness (QED) is 0.733. The van der Waals surface area contributed by atoms with E-state index in [1.165, 1.54) is 0 Å². The summed E-state index contributed by atoms with van der Waals surface area (Å²) < 4.78 is 26.8. The molecule has 0 bridgehead atoms. The molecule has 152 valence electrons. The van der Waals surface area contributed by atoms with Gasteiger partial charge >= 0.3 is 0 Å². The van der Waals surface area contributed by atoms with E-state index >= 15 is 0 Å². The van der Waals surface area contributed by atoms with Crippen molar-refractivity contribution >= 4 is 17.5 Å². The molecule has 1 aliphatic rings. The molecule has 7 heteroatoms. The third kappa shape index (κ3) is 4.99. The van der Waals surface area contributed by atoms with Gasteiger partial charge in [-0.1, -0.05) is 18.2 Å². The van der Waals surface area contributed by atoms with Crippen molar-refractivity contribution in [3.63, 3.8) is 0 Å². The number of halogens is 2. The maximum absolute atomic E-state index is 13.8. The second-order valence-corrected chi connectivity index (χ2v) is 6.87. The van der Waals surface area contributed by atoms with Gasteiger partial charge in [-0.3, -0.25) is 9.59 Å². The van der Waals surface area contributed by atoms with Gasteiger partial charge in [0.2, 0.25) is 0 Å². The van der Waals surface area contributed by atoms with Gasteiger partial charge in [0.1, 0.15) is 11.6 Å². The number of anilines is 1. The number of hydrogen-bond acceptors (Lipinski definition) is 3. The van der Waals surface area contributed by atoms with Crippen molar-refractivity contribution in [1.29, 1.82) is 0 Å². The van der Waals surface area contributed by atoms with Crippen LogP contribution in [0.2, 0.25) is 0 Å². The average Bonchev–Trinajstić information content (AvgIpc) is 2.72. The lowest BCUT2D eigenvalue weighted by Gasteiger charge is -2.35. The first-order valence-corrected chi connectivity index (χ1v) is 9.48. The van der Waals surface area contributed by atoms with Crippen molar-refractivity contribution in [3.05, 3.63) is 77.9 Å². The minimum absolute atomic E-state index is 0.120. The molecule has 0 unspecified atom stereocenters. The van der Waals surface area contributed by atoms with Crippen LogP contribution in [-0.2, 0) is 0 Å². The number of nitrogens with zero attached hydrogens (tertiary/aromatic N) is 1. The summed E-state index contributed by atoms with van der Waals surface area (Å²) >= 11 is 0. The number of amides is 2. The highest BCUT2D eigenvalue weighted by Gasteiger charge is 2.24. The van der Waals surface area contributed by atoms with E-state index in [2.05, 4.69) is 22.1 Å². The van der Waals surface area contributed by atoms with Crippen molar-refractivity contribution in [1.82, 2.24) is 10.6 Å². The third-order valence-electron chi connectivity index (χ3n) is 4.90. The fraction of sp³-hybridized carbons (Fsp3) is 0.273. The van der Waals surface area contributed by atoms with Crippen molar-refractivity contribution < 1.29 is 18.4 Å². The average molecular weight is 399 g/mol. The molecule has 1 fully saturated rings. The highest BCUT2D eigenvalue weighted by Crippen LogP contribution is 2.24. The van der Waals surface area contributed by atoms with E-state index in [9.17, 15) is 18.4 Å². The first-order valence-electron chi connectivity index (χ1n) is 9.48. The minimum Gasteiger partial charge on any atom is -0.371 e. The van der Waals surface area contributed by atoms with Crippen LogP contribution in [0.5, 0.6) is 0 Å². The molecule has 2 N–H and O–H groups in total. The van der Waals surface area contributed by atoms with Crippen molar-refractivity contribution in [3.8, 4) is 0 Å². The maximum Gasteiger partial charge on any atom is 0.254 e. The molecule has 2 amide bonds. The van der Waals surface area contributed by atoms with E-state index in [-0.39, 0.29) is 17.5 Å². The summed E-state index contributed by atoms with van der Waals surface area (Å²) in [6.07, 6.45) is 2.92. The van der Waals surface area contributed by atoms with Crippen molar-refractivity contribution in [2.45, 2.75) is 18.9 Å². The zero-order chi connectivity index (χ0) is 20.8. The monoisotopic (exact) mass is 399 g/mol. The number of carbonyl (C=O) groups excluding carboxylic acids is 2. The first kappa shape index (κ1) is 20.5.